The van der Waals surface area contributed by atoms with Crippen LogP contribution in [0.5, 0.6) is 0 Å². The number of nitrogens with one attached hydrogen (secondary N) is 2. The molecule has 7 heteroatoms. The number of aromatic nitrogens is 1. The van der Waals surface area contributed by atoms with Crippen molar-refractivity contribution in [3.05, 3.63) is 11.1 Å². The first-order valence-corrected chi connectivity index (χ1v) is 8.82. The number of thiazole rings is 1. The van der Waals surface area contributed by atoms with Crippen molar-refractivity contribution < 1.29 is 9.53 Å². The van der Waals surface area contributed by atoms with Crippen molar-refractivity contribution in [1.29, 1.82) is 0 Å². The third kappa shape index (κ3) is 4.04. The van der Waals surface area contributed by atoms with Crippen molar-refractivity contribution in [1.82, 2.24) is 15.2 Å². The van der Waals surface area contributed by atoms with Gasteiger partial charge in [0, 0.05) is 31.6 Å². The van der Waals surface area contributed by atoms with E-state index in [1.807, 2.05) is 5.38 Å². The van der Waals surface area contributed by atoms with Gasteiger partial charge in [0.1, 0.15) is 0 Å². The van der Waals surface area contributed by atoms with Crippen LogP contribution in [0, 0.1) is 5.92 Å². The molecule has 0 aliphatic carbocycles. The maximum Gasteiger partial charge on any atom is 0.230 e. The number of carbonyl (C=O) groups excluding carboxylic acids is 1. The van der Waals surface area contributed by atoms with Crippen molar-refractivity contribution in [2.75, 3.05) is 31.5 Å². The van der Waals surface area contributed by atoms with Crippen LogP contribution in [-0.2, 0) is 16.1 Å². The van der Waals surface area contributed by atoms with E-state index >= 15 is 0 Å². The van der Waals surface area contributed by atoms with E-state index in [9.17, 15) is 4.79 Å². The summed E-state index contributed by atoms with van der Waals surface area (Å²) in [5, 5.41) is 8.90. The zero-order chi connectivity index (χ0) is 15.5. The maximum atomic E-state index is 12.1. The molecular weight excluding hydrogens is 300 g/mol. The predicted octanol–water partition coefficient (Wildman–Crippen LogP) is 1.30. The molecule has 3 heterocycles. The first-order chi connectivity index (χ1) is 10.6. The van der Waals surface area contributed by atoms with Gasteiger partial charge in [-0.25, -0.2) is 4.98 Å². The third-order valence-electron chi connectivity index (χ3n) is 4.09. The Morgan fingerprint density at radius 1 is 1.50 bits per heavy atom. The van der Waals surface area contributed by atoms with Gasteiger partial charge in [0.05, 0.1) is 23.8 Å². The van der Waals surface area contributed by atoms with Gasteiger partial charge in [-0.05, 0) is 26.8 Å². The Balaban J connectivity index is 1.53. The lowest BCUT2D eigenvalue weighted by Gasteiger charge is -2.34. The molecule has 2 saturated heterocycles. The van der Waals surface area contributed by atoms with Gasteiger partial charge in [0.15, 0.2) is 5.13 Å². The number of ether oxygens (including phenoxy) is 1. The molecular formula is C15H24N4O2S. The first kappa shape index (κ1) is 15.9. The van der Waals surface area contributed by atoms with Gasteiger partial charge in [-0.3, -0.25) is 9.69 Å². The molecule has 6 nitrogen and oxygen atoms in total. The van der Waals surface area contributed by atoms with E-state index in [0.717, 1.165) is 44.8 Å². The summed E-state index contributed by atoms with van der Waals surface area (Å²) in [6, 6.07) is 0. The Morgan fingerprint density at radius 3 is 2.95 bits per heavy atom. The first-order valence-electron chi connectivity index (χ1n) is 7.94. The quantitative estimate of drug-likeness (QED) is 0.874. The second-order valence-corrected chi connectivity index (χ2v) is 7.13. The number of nitrogens with zero attached hydrogens (tertiary/aromatic N) is 2. The van der Waals surface area contributed by atoms with E-state index in [2.05, 4.69) is 34.4 Å². The zero-order valence-electron chi connectivity index (χ0n) is 13.2. The van der Waals surface area contributed by atoms with Crippen LogP contribution < -0.4 is 10.6 Å². The Morgan fingerprint density at radius 2 is 2.27 bits per heavy atom. The van der Waals surface area contributed by atoms with Gasteiger partial charge in [-0.1, -0.05) is 0 Å². The van der Waals surface area contributed by atoms with E-state index in [0.29, 0.717) is 5.13 Å². The number of amides is 1. The van der Waals surface area contributed by atoms with Crippen molar-refractivity contribution in [2.45, 2.75) is 39.0 Å². The highest BCUT2D eigenvalue weighted by Gasteiger charge is 2.24. The predicted molar refractivity (Wildman–Crippen MR) is 87.0 cm³/mol. The van der Waals surface area contributed by atoms with Crippen LogP contribution in [0.15, 0.2) is 5.38 Å². The molecule has 122 valence electrons. The summed E-state index contributed by atoms with van der Waals surface area (Å²) in [6.07, 6.45) is 1.43. The van der Waals surface area contributed by atoms with E-state index in [-0.39, 0.29) is 24.0 Å². The van der Waals surface area contributed by atoms with E-state index < -0.39 is 0 Å². The molecule has 2 aliphatic rings. The maximum absolute atomic E-state index is 12.1. The smallest absolute Gasteiger partial charge is 0.230 e. The van der Waals surface area contributed by atoms with E-state index in [4.69, 9.17) is 4.74 Å². The average molecular weight is 324 g/mol. The molecule has 3 unspecified atom stereocenters. The summed E-state index contributed by atoms with van der Waals surface area (Å²) < 4.78 is 5.75. The summed E-state index contributed by atoms with van der Waals surface area (Å²) in [5.41, 5.74) is 1.02. The highest BCUT2D eigenvalue weighted by Crippen LogP contribution is 2.20. The summed E-state index contributed by atoms with van der Waals surface area (Å²) in [4.78, 5) is 19.0. The second-order valence-electron chi connectivity index (χ2n) is 6.27. The third-order valence-corrected chi connectivity index (χ3v) is 4.90. The molecule has 3 rings (SSSR count). The number of hydrogen-bond donors (Lipinski definition) is 2. The molecule has 22 heavy (non-hydrogen) atoms. The number of rotatable bonds is 4. The van der Waals surface area contributed by atoms with Crippen LogP contribution in [0.25, 0.3) is 0 Å². The average Bonchev–Trinajstić information content (AvgIpc) is 3.09. The van der Waals surface area contributed by atoms with Gasteiger partial charge < -0.3 is 15.4 Å². The summed E-state index contributed by atoms with van der Waals surface area (Å²) in [6.45, 7) is 8.57. The number of carbonyl (C=O) groups is 1. The lowest BCUT2D eigenvalue weighted by Crippen LogP contribution is -2.44. The monoisotopic (exact) mass is 324 g/mol. The standard InChI is InChI=1S/C15H24N4O2S/c1-10-6-19(7-11(2)21-10)8-13-9-22-15(17-13)18-14(20)12-3-4-16-5-12/h9-12,16H,3-8H2,1-2H3,(H,17,18,20). The second kappa shape index (κ2) is 7.04. The van der Waals surface area contributed by atoms with Gasteiger partial charge in [0.2, 0.25) is 5.91 Å². The van der Waals surface area contributed by atoms with Gasteiger partial charge in [-0.15, -0.1) is 11.3 Å². The summed E-state index contributed by atoms with van der Waals surface area (Å²) >= 11 is 1.51. The molecule has 0 spiro atoms. The Bertz CT molecular complexity index is 505. The lowest BCUT2D eigenvalue weighted by molar-refractivity contribution is -0.119. The number of anilines is 1. The highest BCUT2D eigenvalue weighted by atomic mass is 32.1. The fraction of sp³-hybridized carbons (Fsp3) is 0.733. The summed E-state index contributed by atoms with van der Waals surface area (Å²) in [5.74, 6) is 0.160. The minimum absolute atomic E-state index is 0.0771. The molecule has 2 fully saturated rings. The van der Waals surface area contributed by atoms with Gasteiger partial charge in [0.25, 0.3) is 0 Å². The van der Waals surface area contributed by atoms with Gasteiger partial charge in [-0.2, -0.15) is 0 Å². The van der Waals surface area contributed by atoms with Crippen LogP contribution in [0.1, 0.15) is 26.0 Å². The molecule has 0 radical (unpaired) electrons. The highest BCUT2D eigenvalue weighted by molar-refractivity contribution is 7.13. The zero-order valence-corrected chi connectivity index (χ0v) is 14.0. The SMILES string of the molecule is CC1CN(Cc2csc(NC(=O)C3CCNC3)n2)CC(C)O1. The van der Waals surface area contributed by atoms with Crippen molar-refractivity contribution in [3.8, 4) is 0 Å². The topological polar surface area (TPSA) is 66.5 Å². The van der Waals surface area contributed by atoms with Crippen LogP contribution in [-0.4, -0.2) is 54.2 Å². The normalized spacial score (nSPS) is 29.6. The van der Waals surface area contributed by atoms with E-state index in [1.165, 1.54) is 11.3 Å². The number of morpholine rings is 1. The van der Waals surface area contributed by atoms with Gasteiger partial charge >= 0.3 is 0 Å². The fourth-order valence-corrected chi connectivity index (χ4v) is 3.87. The minimum Gasteiger partial charge on any atom is -0.373 e. The Kier molecular flexibility index (Phi) is 5.07. The Hall–Kier alpha value is -1.02. The van der Waals surface area contributed by atoms with Crippen LogP contribution in [0.3, 0.4) is 0 Å². The molecule has 0 bridgehead atoms. The molecule has 0 aromatic carbocycles. The Labute approximate surface area is 135 Å². The molecule has 0 saturated carbocycles. The van der Waals surface area contributed by atoms with Crippen LogP contribution in [0.2, 0.25) is 0 Å². The molecule has 1 aromatic rings. The van der Waals surface area contributed by atoms with Crippen molar-refractivity contribution in [3.63, 3.8) is 0 Å². The van der Waals surface area contributed by atoms with Crippen LogP contribution >= 0.6 is 11.3 Å². The molecule has 1 amide bonds. The van der Waals surface area contributed by atoms with E-state index in [1.54, 1.807) is 0 Å². The molecule has 1 aromatic heterocycles. The molecule has 3 atom stereocenters. The van der Waals surface area contributed by atoms with Crippen LogP contribution in [0.4, 0.5) is 5.13 Å². The summed E-state index contributed by atoms with van der Waals surface area (Å²) in [7, 11) is 0. The lowest BCUT2D eigenvalue weighted by atomic mass is 10.1. The molecule has 2 aliphatic heterocycles. The largest absolute Gasteiger partial charge is 0.373 e. The fourth-order valence-electron chi connectivity index (χ4n) is 3.17. The van der Waals surface area contributed by atoms with Crippen molar-refractivity contribution in [2.24, 2.45) is 5.92 Å². The van der Waals surface area contributed by atoms with Crippen molar-refractivity contribution >= 4 is 22.4 Å². The number of hydrogen-bond acceptors (Lipinski definition) is 6. The minimum atomic E-state index is 0.0771. The molecule has 2 N–H and O–H groups in total.